The molecule has 98 valence electrons. The molecule has 2 saturated heterocycles. The zero-order valence-corrected chi connectivity index (χ0v) is 12.4. The van der Waals surface area contributed by atoms with Gasteiger partial charge in [-0.2, -0.15) is 0 Å². The number of rotatable bonds is 2. The summed E-state index contributed by atoms with van der Waals surface area (Å²) in [5.41, 5.74) is 2.68. The van der Waals surface area contributed by atoms with E-state index in [9.17, 15) is 0 Å². The van der Waals surface area contributed by atoms with Crippen molar-refractivity contribution in [2.45, 2.75) is 13.0 Å². The van der Waals surface area contributed by atoms with Gasteiger partial charge in [0.2, 0.25) is 0 Å². The quantitative estimate of drug-likeness (QED) is 0.899. The highest BCUT2D eigenvalue weighted by atomic mass is 79.9. The van der Waals surface area contributed by atoms with Crippen molar-refractivity contribution in [1.82, 2.24) is 10.2 Å². The van der Waals surface area contributed by atoms with E-state index >= 15 is 0 Å². The molecule has 0 amide bonds. The van der Waals surface area contributed by atoms with Crippen LogP contribution in [0, 0.1) is 6.92 Å². The molecule has 0 aromatic heterocycles. The van der Waals surface area contributed by atoms with Crippen molar-refractivity contribution in [2.24, 2.45) is 0 Å². The van der Waals surface area contributed by atoms with Crippen molar-refractivity contribution in [1.29, 1.82) is 0 Å². The second-order valence-electron chi connectivity index (χ2n) is 5.27. The lowest BCUT2D eigenvalue weighted by atomic mass is 10.1. The molecule has 1 aromatic carbocycles. The molecule has 0 bridgehead atoms. The van der Waals surface area contributed by atoms with Gasteiger partial charge in [-0.05, 0) is 30.7 Å². The molecule has 3 nitrogen and oxygen atoms in total. The van der Waals surface area contributed by atoms with E-state index in [0.29, 0.717) is 0 Å². The number of nitrogens with one attached hydrogen (secondary N) is 1. The predicted molar refractivity (Wildman–Crippen MR) is 79.3 cm³/mol. The van der Waals surface area contributed by atoms with Crippen LogP contribution < -0.4 is 10.2 Å². The van der Waals surface area contributed by atoms with Gasteiger partial charge in [0, 0.05) is 55.5 Å². The summed E-state index contributed by atoms with van der Waals surface area (Å²) in [5.74, 6) is 0. The number of benzene rings is 1. The Morgan fingerprint density at radius 1 is 1.17 bits per heavy atom. The lowest BCUT2D eigenvalue weighted by molar-refractivity contribution is 0.138. The van der Waals surface area contributed by atoms with E-state index in [-0.39, 0.29) is 0 Å². The molecule has 4 heteroatoms. The molecular weight excluding hydrogens is 290 g/mol. The lowest BCUT2D eigenvalue weighted by Crippen LogP contribution is -2.61. The SMILES string of the molecule is Cc1cc(N2CCN(C3CNC3)CC2)ccc1Br. The summed E-state index contributed by atoms with van der Waals surface area (Å²) in [7, 11) is 0. The molecule has 18 heavy (non-hydrogen) atoms. The van der Waals surface area contributed by atoms with Crippen LogP contribution >= 0.6 is 15.9 Å². The maximum absolute atomic E-state index is 3.57. The van der Waals surface area contributed by atoms with Crippen LogP contribution in [-0.4, -0.2) is 50.2 Å². The van der Waals surface area contributed by atoms with E-state index in [0.717, 1.165) is 19.1 Å². The fraction of sp³-hybridized carbons (Fsp3) is 0.571. The fourth-order valence-corrected chi connectivity index (χ4v) is 2.95. The monoisotopic (exact) mass is 309 g/mol. The Balaban J connectivity index is 1.62. The van der Waals surface area contributed by atoms with E-state index in [4.69, 9.17) is 0 Å². The summed E-state index contributed by atoms with van der Waals surface area (Å²) in [6, 6.07) is 7.45. The Morgan fingerprint density at radius 2 is 1.89 bits per heavy atom. The minimum Gasteiger partial charge on any atom is -0.369 e. The van der Waals surface area contributed by atoms with Gasteiger partial charge in [-0.15, -0.1) is 0 Å². The van der Waals surface area contributed by atoms with Gasteiger partial charge in [0.1, 0.15) is 0 Å². The van der Waals surface area contributed by atoms with Gasteiger partial charge >= 0.3 is 0 Å². The van der Waals surface area contributed by atoms with Crippen LogP contribution in [0.25, 0.3) is 0 Å². The minimum atomic E-state index is 0.791. The van der Waals surface area contributed by atoms with Crippen LogP contribution in [0.4, 0.5) is 5.69 Å². The van der Waals surface area contributed by atoms with Gasteiger partial charge in [-0.1, -0.05) is 15.9 Å². The van der Waals surface area contributed by atoms with E-state index in [1.54, 1.807) is 0 Å². The third-order valence-electron chi connectivity index (χ3n) is 4.10. The molecule has 0 unspecified atom stereocenters. The number of aryl methyl sites for hydroxylation is 1. The predicted octanol–water partition coefficient (Wildman–Crippen LogP) is 1.85. The van der Waals surface area contributed by atoms with Crippen LogP contribution in [0.1, 0.15) is 5.56 Å². The molecule has 0 saturated carbocycles. The second-order valence-corrected chi connectivity index (χ2v) is 6.12. The van der Waals surface area contributed by atoms with Gasteiger partial charge < -0.3 is 10.2 Å². The summed E-state index contributed by atoms with van der Waals surface area (Å²) in [6.07, 6.45) is 0. The topological polar surface area (TPSA) is 18.5 Å². The third kappa shape index (κ3) is 2.42. The van der Waals surface area contributed by atoms with Gasteiger partial charge in [0.05, 0.1) is 0 Å². The smallest absolute Gasteiger partial charge is 0.0370 e. The van der Waals surface area contributed by atoms with E-state index in [1.165, 1.54) is 41.9 Å². The number of halogens is 1. The van der Waals surface area contributed by atoms with Gasteiger partial charge in [-0.3, -0.25) is 4.90 Å². The third-order valence-corrected chi connectivity index (χ3v) is 4.99. The lowest BCUT2D eigenvalue weighted by Gasteiger charge is -2.44. The molecule has 1 aromatic rings. The molecule has 2 aliphatic rings. The van der Waals surface area contributed by atoms with Gasteiger partial charge in [-0.25, -0.2) is 0 Å². The van der Waals surface area contributed by atoms with Crippen molar-refractivity contribution in [2.75, 3.05) is 44.2 Å². The summed E-state index contributed by atoms with van der Waals surface area (Å²) < 4.78 is 1.20. The standard InChI is InChI=1S/C14H20BrN3/c1-11-8-12(2-3-14(11)15)17-4-6-18(7-5-17)13-9-16-10-13/h2-3,8,13,16H,4-7,9-10H2,1H3. The van der Waals surface area contributed by atoms with Gasteiger partial charge in [0.25, 0.3) is 0 Å². The number of hydrogen-bond donors (Lipinski definition) is 1. The van der Waals surface area contributed by atoms with Crippen LogP contribution in [-0.2, 0) is 0 Å². The van der Waals surface area contributed by atoms with Gasteiger partial charge in [0.15, 0.2) is 0 Å². The zero-order chi connectivity index (χ0) is 12.5. The maximum Gasteiger partial charge on any atom is 0.0370 e. The zero-order valence-electron chi connectivity index (χ0n) is 10.8. The largest absolute Gasteiger partial charge is 0.369 e. The Morgan fingerprint density at radius 3 is 2.44 bits per heavy atom. The Hall–Kier alpha value is -0.580. The average Bonchev–Trinajstić information content (AvgIpc) is 2.32. The normalized spacial score (nSPS) is 22.0. The summed E-state index contributed by atoms with van der Waals surface area (Å²) in [5, 5.41) is 3.35. The van der Waals surface area contributed by atoms with E-state index < -0.39 is 0 Å². The summed E-state index contributed by atoms with van der Waals surface area (Å²) in [6.45, 7) is 9.21. The molecule has 0 atom stereocenters. The minimum absolute atomic E-state index is 0.791. The van der Waals surface area contributed by atoms with Crippen molar-refractivity contribution in [3.8, 4) is 0 Å². The molecule has 2 heterocycles. The Kier molecular flexibility index (Phi) is 3.59. The number of piperazine rings is 1. The fourth-order valence-electron chi connectivity index (χ4n) is 2.70. The number of anilines is 1. The van der Waals surface area contributed by atoms with Crippen LogP contribution in [0.5, 0.6) is 0 Å². The molecule has 0 radical (unpaired) electrons. The van der Waals surface area contributed by atoms with Crippen molar-refractivity contribution < 1.29 is 0 Å². The highest BCUT2D eigenvalue weighted by Gasteiger charge is 2.27. The van der Waals surface area contributed by atoms with Crippen molar-refractivity contribution in [3.63, 3.8) is 0 Å². The molecule has 1 N–H and O–H groups in total. The molecular formula is C14H20BrN3. The highest BCUT2D eigenvalue weighted by molar-refractivity contribution is 9.10. The molecule has 2 fully saturated rings. The van der Waals surface area contributed by atoms with E-state index in [2.05, 4.69) is 56.2 Å². The van der Waals surface area contributed by atoms with Crippen LogP contribution in [0.3, 0.4) is 0 Å². The molecule has 0 spiro atoms. The van der Waals surface area contributed by atoms with Crippen LogP contribution in [0.2, 0.25) is 0 Å². The van der Waals surface area contributed by atoms with Crippen LogP contribution in [0.15, 0.2) is 22.7 Å². The first-order valence-electron chi connectivity index (χ1n) is 6.70. The maximum atomic E-state index is 3.57. The molecule has 2 aliphatic heterocycles. The molecule has 0 aliphatic carbocycles. The Labute approximate surface area is 117 Å². The molecule has 3 rings (SSSR count). The first kappa shape index (κ1) is 12.5. The number of hydrogen-bond acceptors (Lipinski definition) is 3. The first-order valence-corrected chi connectivity index (χ1v) is 7.49. The summed E-state index contributed by atoms with van der Waals surface area (Å²) >= 11 is 3.57. The Bertz CT molecular complexity index is 423. The first-order chi connectivity index (χ1) is 8.74. The van der Waals surface area contributed by atoms with E-state index in [1.807, 2.05) is 0 Å². The summed E-state index contributed by atoms with van der Waals surface area (Å²) in [4.78, 5) is 5.13. The average molecular weight is 310 g/mol. The number of nitrogens with zero attached hydrogens (tertiary/aromatic N) is 2. The van der Waals surface area contributed by atoms with Crippen molar-refractivity contribution >= 4 is 21.6 Å². The second kappa shape index (κ2) is 5.19. The highest BCUT2D eigenvalue weighted by Crippen LogP contribution is 2.24. The van der Waals surface area contributed by atoms with Crippen molar-refractivity contribution in [3.05, 3.63) is 28.2 Å².